The smallest absolute Gasteiger partial charge is 0.257 e. The van der Waals surface area contributed by atoms with Crippen LogP contribution in [0.15, 0.2) is 50.7 Å². The molecule has 27 heavy (non-hydrogen) atoms. The molecule has 6 nitrogen and oxygen atoms in total. The van der Waals surface area contributed by atoms with Crippen molar-refractivity contribution in [3.63, 3.8) is 0 Å². The number of furan rings is 2. The van der Waals surface area contributed by atoms with Gasteiger partial charge in [0.25, 0.3) is 5.91 Å². The lowest BCUT2D eigenvalue weighted by atomic mass is 9.78. The molecule has 0 saturated heterocycles. The SMILES string of the molecule is CC1CCCC(NCC(=O)N2N=C(c3ccco3)CC2c2ccco2)C1C. The number of nitrogens with zero attached hydrogens (tertiary/aromatic N) is 2. The highest BCUT2D eigenvalue weighted by atomic mass is 16.3. The molecule has 1 aliphatic heterocycles. The second kappa shape index (κ2) is 7.72. The van der Waals surface area contributed by atoms with Crippen LogP contribution in [-0.4, -0.2) is 29.2 Å². The highest BCUT2D eigenvalue weighted by Crippen LogP contribution is 2.33. The Morgan fingerprint density at radius 1 is 1.22 bits per heavy atom. The molecule has 2 aromatic rings. The summed E-state index contributed by atoms with van der Waals surface area (Å²) in [7, 11) is 0. The van der Waals surface area contributed by atoms with E-state index in [2.05, 4.69) is 24.3 Å². The molecule has 4 atom stereocenters. The lowest BCUT2D eigenvalue weighted by Gasteiger charge is -2.35. The van der Waals surface area contributed by atoms with Crippen molar-refractivity contribution in [1.29, 1.82) is 0 Å². The van der Waals surface area contributed by atoms with Crippen molar-refractivity contribution < 1.29 is 13.6 Å². The van der Waals surface area contributed by atoms with Gasteiger partial charge in [-0.05, 0) is 42.5 Å². The Kier molecular flexibility index (Phi) is 5.16. The molecule has 1 N–H and O–H groups in total. The van der Waals surface area contributed by atoms with Gasteiger partial charge in [0.15, 0.2) is 0 Å². The van der Waals surface area contributed by atoms with Crippen LogP contribution in [0.25, 0.3) is 0 Å². The predicted molar refractivity (Wildman–Crippen MR) is 102 cm³/mol. The average Bonchev–Trinajstić information content (AvgIpc) is 3.41. The van der Waals surface area contributed by atoms with Crippen LogP contribution >= 0.6 is 0 Å². The highest BCUT2D eigenvalue weighted by molar-refractivity contribution is 6.01. The molecule has 1 aliphatic carbocycles. The third-order valence-corrected chi connectivity index (χ3v) is 6.07. The topological polar surface area (TPSA) is 71.0 Å². The zero-order chi connectivity index (χ0) is 18.8. The standard InChI is InChI=1S/C21H27N3O3/c1-14-6-3-7-16(15(14)2)22-13-21(25)24-18(20-9-5-11-27-20)12-17(23-24)19-8-4-10-26-19/h4-5,8-11,14-16,18,22H,3,6-7,12-13H2,1-2H3. The molecule has 2 aliphatic rings. The van der Waals surface area contributed by atoms with Gasteiger partial charge in [-0.15, -0.1) is 0 Å². The Balaban J connectivity index is 1.47. The summed E-state index contributed by atoms with van der Waals surface area (Å²) in [6.45, 7) is 4.86. The van der Waals surface area contributed by atoms with E-state index in [1.165, 1.54) is 12.8 Å². The Labute approximate surface area is 159 Å². The van der Waals surface area contributed by atoms with Gasteiger partial charge in [0, 0.05) is 12.5 Å². The second-order valence-corrected chi connectivity index (χ2v) is 7.75. The van der Waals surface area contributed by atoms with Gasteiger partial charge < -0.3 is 14.2 Å². The molecular formula is C21H27N3O3. The first-order chi connectivity index (χ1) is 13.1. The zero-order valence-electron chi connectivity index (χ0n) is 15.9. The third-order valence-electron chi connectivity index (χ3n) is 6.07. The molecule has 3 heterocycles. The van der Waals surface area contributed by atoms with Gasteiger partial charge in [0.05, 0.1) is 19.1 Å². The van der Waals surface area contributed by atoms with Crippen LogP contribution in [0.4, 0.5) is 0 Å². The fraction of sp³-hybridized carbons (Fsp3) is 0.524. The van der Waals surface area contributed by atoms with Gasteiger partial charge in [-0.2, -0.15) is 5.10 Å². The maximum Gasteiger partial charge on any atom is 0.257 e. The van der Waals surface area contributed by atoms with Crippen LogP contribution in [0.2, 0.25) is 0 Å². The molecule has 144 valence electrons. The number of hydrogen-bond donors (Lipinski definition) is 1. The minimum absolute atomic E-state index is 0.0385. The summed E-state index contributed by atoms with van der Waals surface area (Å²) in [6, 6.07) is 7.59. The average molecular weight is 369 g/mol. The van der Waals surface area contributed by atoms with Crippen molar-refractivity contribution in [3.05, 3.63) is 48.3 Å². The number of carbonyl (C=O) groups excluding carboxylic acids is 1. The number of amides is 1. The summed E-state index contributed by atoms with van der Waals surface area (Å²) in [5, 5.41) is 9.61. The van der Waals surface area contributed by atoms with E-state index >= 15 is 0 Å². The van der Waals surface area contributed by atoms with Gasteiger partial charge in [0.1, 0.15) is 23.3 Å². The van der Waals surface area contributed by atoms with Crippen molar-refractivity contribution in [1.82, 2.24) is 10.3 Å². The minimum Gasteiger partial charge on any atom is -0.467 e. The van der Waals surface area contributed by atoms with E-state index in [4.69, 9.17) is 8.83 Å². The van der Waals surface area contributed by atoms with Gasteiger partial charge >= 0.3 is 0 Å². The maximum absolute atomic E-state index is 13.0. The Hall–Kier alpha value is -2.34. The molecular weight excluding hydrogens is 342 g/mol. The summed E-state index contributed by atoms with van der Waals surface area (Å²) >= 11 is 0. The summed E-state index contributed by atoms with van der Waals surface area (Å²) in [4.78, 5) is 13.0. The number of hydrazone groups is 1. The number of hydrogen-bond acceptors (Lipinski definition) is 5. The molecule has 0 spiro atoms. The molecule has 0 aromatic carbocycles. The molecule has 2 aromatic heterocycles. The first-order valence-corrected chi connectivity index (χ1v) is 9.83. The van der Waals surface area contributed by atoms with Crippen LogP contribution in [0.3, 0.4) is 0 Å². The molecule has 4 rings (SSSR count). The van der Waals surface area contributed by atoms with Crippen molar-refractivity contribution in [2.45, 2.75) is 51.6 Å². The second-order valence-electron chi connectivity index (χ2n) is 7.75. The van der Waals surface area contributed by atoms with Gasteiger partial charge in [-0.25, -0.2) is 5.01 Å². The first kappa shape index (κ1) is 18.0. The molecule has 1 fully saturated rings. The van der Waals surface area contributed by atoms with E-state index in [9.17, 15) is 4.79 Å². The number of nitrogens with one attached hydrogen (secondary N) is 1. The minimum atomic E-state index is -0.225. The molecule has 4 unspecified atom stereocenters. The Morgan fingerprint density at radius 3 is 2.78 bits per heavy atom. The molecule has 1 saturated carbocycles. The summed E-state index contributed by atoms with van der Waals surface area (Å²) in [5.74, 6) is 2.67. The summed E-state index contributed by atoms with van der Waals surface area (Å²) in [6.07, 6.45) is 7.46. The quantitative estimate of drug-likeness (QED) is 0.866. The number of carbonyl (C=O) groups is 1. The van der Waals surface area contributed by atoms with Gasteiger partial charge in [0.2, 0.25) is 0 Å². The van der Waals surface area contributed by atoms with E-state index in [-0.39, 0.29) is 18.5 Å². The molecule has 1 amide bonds. The fourth-order valence-electron chi connectivity index (χ4n) is 4.20. The predicted octanol–water partition coefficient (Wildman–Crippen LogP) is 3.96. The summed E-state index contributed by atoms with van der Waals surface area (Å²) in [5.41, 5.74) is 0.773. The molecule has 0 bridgehead atoms. The van der Waals surface area contributed by atoms with Crippen LogP contribution in [0, 0.1) is 11.8 Å². The van der Waals surface area contributed by atoms with E-state index in [1.54, 1.807) is 17.5 Å². The highest BCUT2D eigenvalue weighted by Gasteiger charge is 2.36. The summed E-state index contributed by atoms with van der Waals surface area (Å²) < 4.78 is 11.0. The van der Waals surface area contributed by atoms with Crippen LogP contribution in [0.1, 0.15) is 57.1 Å². The van der Waals surface area contributed by atoms with Crippen LogP contribution < -0.4 is 5.32 Å². The number of rotatable bonds is 5. The monoisotopic (exact) mass is 369 g/mol. The van der Waals surface area contributed by atoms with Crippen molar-refractivity contribution in [2.24, 2.45) is 16.9 Å². The Bertz CT molecular complexity index is 782. The van der Waals surface area contributed by atoms with Crippen molar-refractivity contribution >= 4 is 11.6 Å². The van der Waals surface area contributed by atoms with E-state index in [0.29, 0.717) is 30.1 Å². The van der Waals surface area contributed by atoms with Crippen LogP contribution in [0.5, 0.6) is 0 Å². The Morgan fingerprint density at radius 2 is 2.04 bits per heavy atom. The van der Waals surface area contributed by atoms with Gasteiger partial charge in [-0.3, -0.25) is 4.79 Å². The van der Waals surface area contributed by atoms with E-state index < -0.39 is 0 Å². The lowest BCUT2D eigenvalue weighted by molar-refractivity contribution is -0.132. The van der Waals surface area contributed by atoms with Crippen molar-refractivity contribution in [2.75, 3.05) is 6.54 Å². The molecule has 6 heteroatoms. The van der Waals surface area contributed by atoms with Gasteiger partial charge in [-0.1, -0.05) is 26.7 Å². The van der Waals surface area contributed by atoms with Crippen LogP contribution in [-0.2, 0) is 4.79 Å². The lowest BCUT2D eigenvalue weighted by Crippen LogP contribution is -2.45. The van der Waals surface area contributed by atoms with Crippen molar-refractivity contribution in [3.8, 4) is 0 Å². The van der Waals surface area contributed by atoms with E-state index in [1.807, 2.05) is 24.3 Å². The fourth-order valence-corrected chi connectivity index (χ4v) is 4.20. The maximum atomic E-state index is 13.0. The zero-order valence-corrected chi connectivity index (χ0v) is 15.9. The molecule has 0 radical (unpaired) electrons. The normalized spacial score (nSPS) is 28.4. The third kappa shape index (κ3) is 3.72. The largest absolute Gasteiger partial charge is 0.467 e. The van der Waals surface area contributed by atoms with E-state index in [0.717, 1.165) is 17.9 Å². The first-order valence-electron chi connectivity index (χ1n) is 9.83.